The minimum Gasteiger partial charge on any atom is -0.462 e. The van der Waals surface area contributed by atoms with Gasteiger partial charge in [0.05, 0.1) is 13.2 Å². The van der Waals surface area contributed by atoms with Crippen LogP contribution in [0, 0.1) is 0 Å². The quantitative estimate of drug-likeness (QED) is 0.0264. The molecule has 0 heterocycles. The predicted octanol–water partition coefficient (Wildman–Crippen LogP) is 19.4. The Bertz CT molecular complexity index is 1320. The standard InChI is InChI=1S/C62H116NO8P/c1-3-5-7-9-11-13-15-17-19-21-23-25-27-29-31-32-34-36-38-40-42-44-46-48-50-52-54-61(64)68-58-60(59-70-72(66,67)69-57-56-63)71-62(65)55-53-51-49-47-45-43-41-39-37-35-33-30-28-26-24-22-20-18-16-14-12-10-8-6-4-2/h6,8,12,14,18,20,24,26,60H,3-5,7,9-11,13,15-17,19,21-23,25,27-59,63H2,1-2H3,(H,66,67)/b8-6-,14-12-,20-18-,26-24-. The van der Waals surface area contributed by atoms with Crippen molar-refractivity contribution in [3.8, 4) is 0 Å². The Labute approximate surface area is 445 Å². The molecular weight excluding hydrogens is 918 g/mol. The Morgan fingerprint density at radius 1 is 0.431 bits per heavy atom. The lowest BCUT2D eigenvalue weighted by Crippen LogP contribution is -2.29. The normalized spacial score (nSPS) is 13.3. The van der Waals surface area contributed by atoms with Crippen molar-refractivity contribution in [2.24, 2.45) is 5.73 Å². The fraction of sp³-hybridized carbons (Fsp3) is 0.839. The van der Waals surface area contributed by atoms with E-state index in [1.54, 1.807) is 0 Å². The lowest BCUT2D eigenvalue weighted by molar-refractivity contribution is -0.161. The van der Waals surface area contributed by atoms with Gasteiger partial charge in [0.15, 0.2) is 6.10 Å². The van der Waals surface area contributed by atoms with Gasteiger partial charge in [-0.15, -0.1) is 0 Å². The molecular formula is C62H116NO8P. The van der Waals surface area contributed by atoms with Gasteiger partial charge in [0.25, 0.3) is 0 Å². The van der Waals surface area contributed by atoms with E-state index in [1.165, 1.54) is 205 Å². The number of rotatable bonds is 58. The lowest BCUT2D eigenvalue weighted by Gasteiger charge is -2.19. The fourth-order valence-corrected chi connectivity index (χ4v) is 9.75. The molecule has 0 saturated carbocycles. The molecule has 2 unspecified atom stereocenters. The molecule has 0 amide bonds. The van der Waals surface area contributed by atoms with Crippen LogP contribution in [0.2, 0.25) is 0 Å². The first-order valence-corrected chi connectivity index (χ1v) is 32.1. The van der Waals surface area contributed by atoms with Gasteiger partial charge in [0.1, 0.15) is 6.61 Å². The van der Waals surface area contributed by atoms with Gasteiger partial charge in [0, 0.05) is 19.4 Å². The summed E-state index contributed by atoms with van der Waals surface area (Å²) in [4.78, 5) is 35.2. The van der Waals surface area contributed by atoms with E-state index in [-0.39, 0.29) is 38.6 Å². The Morgan fingerprint density at radius 3 is 1.14 bits per heavy atom. The third-order valence-electron chi connectivity index (χ3n) is 13.5. The molecule has 0 saturated heterocycles. The molecule has 72 heavy (non-hydrogen) atoms. The monoisotopic (exact) mass is 1030 g/mol. The molecule has 0 aromatic carbocycles. The van der Waals surface area contributed by atoms with Crippen molar-refractivity contribution in [1.29, 1.82) is 0 Å². The third-order valence-corrected chi connectivity index (χ3v) is 14.5. The summed E-state index contributed by atoms with van der Waals surface area (Å²) in [5.74, 6) is -0.815. The second-order valence-electron chi connectivity index (χ2n) is 20.6. The van der Waals surface area contributed by atoms with E-state index in [1.807, 2.05) is 0 Å². The molecule has 9 nitrogen and oxygen atoms in total. The number of phosphoric ester groups is 1. The molecule has 3 N–H and O–H groups in total. The zero-order chi connectivity index (χ0) is 52.4. The highest BCUT2D eigenvalue weighted by atomic mass is 31.2. The summed E-state index contributed by atoms with van der Waals surface area (Å²) in [6, 6.07) is 0. The van der Waals surface area contributed by atoms with Gasteiger partial charge >= 0.3 is 19.8 Å². The number of ether oxygens (including phenoxy) is 2. The van der Waals surface area contributed by atoms with E-state index in [0.29, 0.717) is 6.42 Å². The van der Waals surface area contributed by atoms with Crippen molar-refractivity contribution in [2.45, 2.75) is 309 Å². The largest absolute Gasteiger partial charge is 0.472 e. The molecule has 0 aromatic heterocycles. The highest BCUT2D eigenvalue weighted by Crippen LogP contribution is 2.43. The summed E-state index contributed by atoms with van der Waals surface area (Å²) in [6.07, 6.45) is 71.8. The van der Waals surface area contributed by atoms with E-state index < -0.39 is 26.5 Å². The Balaban J connectivity index is 3.91. The van der Waals surface area contributed by atoms with Crippen LogP contribution in [0.3, 0.4) is 0 Å². The van der Waals surface area contributed by atoms with Crippen LogP contribution < -0.4 is 5.73 Å². The average Bonchev–Trinajstić information content (AvgIpc) is 3.37. The number of hydrogen-bond acceptors (Lipinski definition) is 8. The van der Waals surface area contributed by atoms with Crippen molar-refractivity contribution in [3.05, 3.63) is 48.6 Å². The summed E-state index contributed by atoms with van der Waals surface area (Å²) < 4.78 is 33.1. The van der Waals surface area contributed by atoms with Crippen molar-refractivity contribution in [3.63, 3.8) is 0 Å². The van der Waals surface area contributed by atoms with Crippen LogP contribution in [0.15, 0.2) is 48.6 Å². The Hall–Kier alpha value is -2.03. The SMILES string of the molecule is CC/C=C\C/C=C\C/C=C\C/C=C\CCCCCCCCCCCCCCC(=O)OC(COC(=O)CCCCCCCCCCCCCCCCCCCCCCCCCCCC)COP(=O)(O)OCCN. The number of hydrogen-bond donors (Lipinski definition) is 2. The minimum absolute atomic E-state index is 0.0538. The van der Waals surface area contributed by atoms with Gasteiger partial charge in [-0.2, -0.15) is 0 Å². The van der Waals surface area contributed by atoms with E-state index in [2.05, 4.69) is 62.5 Å². The zero-order valence-electron chi connectivity index (χ0n) is 47.2. The molecule has 2 atom stereocenters. The molecule has 0 spiro atoms. The summed E-state index contributed by atoms with van der Waals surface area (Å²) in [7, 11) is -4.39. The van der Waals surface area contributed by atoms with Crippen molar-refractivity contribution in [2.75, 3.05) is 26.4 Å². The van der Waals surface area contributed by atoms with Crippen LogP contribution in [0.25, 0.3) is 0 Å². The molecule has 0 aliphatic rings. The number of carbonyl (C=O) groups excluding carboxylic acids is 2. The molecule has 0 bridgehead atoms. The highest BCUT2D eigenvalue weighted by molar-refractivity contribution is 7.47. The Kier molecular flexibility index (Phi) is 56.6. The summed E-state index contributed by atoms with van der Waals surface area (Å²) in [5.41, 5.74) is 5.39. The number of carbonyl (C=O) groups is 2. The van der Waals surface area contributed by atoms with Gasteiger partial charge in [-0.25, -0.2) is 4.57 Å². The second kappa shape index (κ2) is 58.2. The molecule has 0 radical (unpaired) electrons. The molecule has 0 fully saturated rings. The number of allylic oxidation sites excluding steroid dienone is 8. The van der Waals surface area contributed by atoms with E-state index >= 15 is 0 Å². The van der Waals surface area contributed by atoms with Gasteiger partial charge in [0.2, 0.25) is 0 Å². The van der Waals surface area contributed by atoms with Crippen LogP contribution >= 0.6 is 7.82 Å². The number of nitrogens with two attached hydrogens (primary N) is 1. The predicted molar refractivity (Wildman–Crippen MR) is 307 cm³/mol. The second-order valence-corrected chi connectivity index (χ2v) is 22.0. The van der Waals surface area contributed by atoms with Crippen LogP contribution in [-0.4, -0.2) is 49.3 Å². The van der Waals surface area contributed by atoms with Crippen LogP contribution in [-0.2, 0) is 32.7 Å². The van der Waals surface area contributed by atoms with Crippen LogP contribution in [0.4, 0.5) is 0 Å². The molecule has 0 aromatic rings. The van der Waals surface area contributed by atoms with E-state index in [0.717, 1.165) is 64.2 Å². The number of phosphoric acid groups is 1. The summed E-state index contributed by atoms with van der Waals surface area (Å²) >= 11 is 0. The Morgan fingerprint density at radius 2 is 0.764 bits per heavy atom. The number of esters is 2. The molecule has 422 valence electrons. The molecule has 0 rings (SSSR count). The first-order valence-electron chi connectivity index (χ1n) is 30.6. The van der Waals surface area contributed by atoms with Crippen molar-refractivity contribution in [1.82, 2.24) is 0 Å². The smallest absolute Gasteiger partial charge is 0.462 e. The topological polar surface area (TPSA) is 134 Å². The maximum Gasteiger partial charge on any atom is 0.472 e. The van der Waals surface area contributed by atoms with Crippen molar-refractivity contribution < 1.29 is 37.6 Å². The van der Waals surface area contributed by atoms with Gasteiger partial charge in [-0.3, -0.25) is 18.6 Å². The summed E-state index contributed by atoms with van der Waals surface area (Å²) in [5, 5.41) is 0. The van der Waals surface area contributed by atoms with Gasteiger partial charge in [-0.1, -0.05) is 287 Å². The van der Waals surface area contributed by atoms with Gasteiger partial charge < -0.3 is 20.1 Å². The molecule has 0 aliphatic carbocycles. The van der Waals surface area contributed by atoms with E-state index in [4.69, 9.17) is 24.3 Å². The first kappa shape index (κ1) is 70.0. The van der Waals surface area contributed by atoms with Gasteiger partial charge in [-0.05, 0) is 51.4 Å². The highest BCUT2D eigenvalue weighted by Gasteiger charge is 2.26. The maximum absolute atomic E-state index is 12.7. The van der Waals surface area contributed by atoms with Crippen LogP contribution in [0.5, 0.6) is 0 Å². The van der Waals surface area contributed by atoms with E-state index in [9.17, 15) is 19.0 Å². The fourth-order valence-electron chi connectivity index (χ4n) is 8.98. The maximum atomic E-state index is 12.7. The molecule has 10 heteroatoms. The van der Waals surface area contributed by atoms with Crippen LogP contribution in [0.1, 0.15) is 303 Å². The molecule has 0 aliphatic heterocycles. The average molecular weight is 1030 g/mol. The summed E-state index contributed by atoms with van der Waals surface area (Å²) in [6.45, 7) is 3.68. The third kappa shape index (κ3) is 57.3. The lowest BCUT2D eigenvalue weighted by atomic mass is 10.0. The number of unbranched alkanes of at least 4 members (excludes halogenated alkanes) is 37. The first-order chi connectivity index (χ1) is 35.3. The zero-order valence-corrected chi connectivity index (χ0v) is 48.1. The minimum atomic E-state index is -4.39. The van der Waals surface area contributed by atoms with Crippen molar-refractivity contribution >= 4 is 19.8 Å².